The van der Waals surface area contributed by atoms with Crippen molar-refractivity contribution in [2.45, 2.75) is 6.54 Å². The van der Waals surface area contributed by atoms with E-state index >= 15 is 0 Å². The molecule has 0 aliphatic heterocycles. The van der Waals surface area contributed by atoms with E-state index in [9.17, 15) is 9.18 Å². The van der Waals surface area contributed by atoms with Crippen LogP contribution in [0.2, 0.25) is 4.34 Å². The van der Waals surface area contributed by atoms with Gasteiger partial charge in [-0.1, -0.05) is 23.4 Å². The highest BCUT2D eigenvalue weighted by molar-refractivity contribution is 7.16. The first-order chi connectivity index (χ1) is 10.1. The summed E-state index contributed by atoms with van der Waals surface area (Å²) < 4.78 is 14.0. The second kappa shape index (κ2) is 7.23. The molecule has 0 radical (unpaired) electrons. The van der Waals surface area contributed by atoms with Gasteiger partial charge >= 0.3 is 0 Å². The van der Waals surface area contributed by atoms with Crippen LogP contribution in [0.15, 0.2) is 30.3 Å². The van der Waals surface area contributed by atoms with Gasteiger partial charge in [-0.05, 0) is 30.3 Å². The van der Waals surface area contributed by atoms with Gasteiger partial charge in [0.2, 0.25) is 0 Å². The van der Waals surface area contributed by atoms with Gasteiger partial charge in [-0.3, -0.25) is 4.79 Å². The third-order valence-electron chi connectivity index (χ3n) is 2.60. The molecular weight excluding hydrogens is 311 g/mol. The number of hydrogen-bond donors (Lipinski definition) is 2. The van der Waals surface area contributed by atoms with E-state index in [4.69, 9.17) is 17.3 Å². The number of amides is 1. The molecule has 1 aromatic heterocycles. The lowest BCUT2D eigenvalue weighted by Crippen LogP contribution is -2.23. The van der Waals surface area contributed by atoms with Gasteiger partial charge in [-0.15, -0.1) is 11.3 Å². The van der Waals surface area contributed by atoms with Gasteiger partial charge in [0, 0.05) is 10.4 Å². The first kappa shape index (κ1) is 15.5. The fourth-order valence-corrected chi connectivity index (χ4v) is 2.70. The summed E-state index contributed by atoms with van der Waals surface area (Å²) in [5.74, 6) is 4.54. The quantitative estimate of drug-likeness (QED) is 0.854. The Hall–Kier alpha value is -1.87. The maximum absolute atomic E-state index is 13.3. The van der Waals surface area contributed by atoms with Crippen LogP contribution < -0.4 is 11.1 Å². The highest BCUT2D eigenvalue weighted by Crippen LogP contribution is 2.21. The Morgan fingerprint density at radius 2 is 2.19 bits per heavy atom. The number of halogens is 2. The molecule has 0 saturated heterocycles. The van der Waals surface area contributed by atoms with Crippen LogP contribution in [0.1, 0.15) is 20.8 Å². The number of carbonyl (C=O) groups is 1. The Morgan fingerprint density at radius 3 is 2.86 bits per heavy atom. The summed E-state index contributed by atoms with van der Waals surface area (Å²) in [7, 11) is 0. The fraction of sp³-hybridized carbons (Fsp3) is 0.133. The predicted octanol–water partition coefficient (Wildman–Crippen LogP) is 2.78. The van der Waals surface area contributed by atoms with Crippen LogP contribution >= 0.6 is 22.9 Å². The maximum atomic E-state index is 13.3. The van der Waals surface area contributed by atoms with Gasteiger partial charge in [-0.25, -0.2) is 4.39 Å². The molecule has 0 spiro atoms. The van der Waals surface area contributed by atoms with Gasteiger partial charge in [-0.2, -0.15) is 0 Å². The number of nitrogens with two attached hydrogens (primary N) is 1. The van der Waals surface area contributed by atoms with Gasteiger partial charge in [0.1, 0.15) is 5.82 Å². The second-order valence-corrected chi connectivity index (χ2v) is 5.88. The molecule has 3 nitrogen and oxygen atoms in total. The Kier molecular flexibility index (Phi) is 5.34. The SMILES string of the molecule is NCC#Cc1ccc(F)cc1C(=O)NCc1ccc(Cl)s1. The van der Waals surface area contributed by atoms with Crippen LogP contribution in [0.5, 0.6) is 0 Å². The molecule has 2 aromatic rings. The molecule has 0 saturated carbocycles. The van der Waals surface area contributed by atoms with E-state index in [1.165, 1.54) is 23.5 Å². The monoisotopic (exact) mass is 322 g/mol. The van der Waals surface area contributed by atoms with Crippen molar-refractivity contribution in [1.29, 1.82) is 0 Å². The van der Waals surface area contributed by atoms with E-state index in [2.05, 4.69) is 17.2 Å². The summed E-state index contributed by atoms with van der Waals surface area (Å²) in [4.78, 5) is 13.1. The molecule has 108 valence electrons. The average Bonchev–Trinajstić information content (AvgIpc) is 2.89. The zero-order valence-electron chi connectivity index (χ0n) is 11.0. The number of thiophene rings is 1. The molecule has 3 N–H and O–H groups in total. The lowest BCUT2D eigenvalue weighted by atomic mass is 10.1. The number of hydrogen-bond acceptors (Lipinski definition) is 3. The number of nitrogens with one attached hydrogen (secondary N) is 1. The maximum Gasteiger partial charge on any atom is 0.252 e. The Bertz CT molecular complexity index is 718. The molecule has 1 aromatic carbocycles. The minimum Gasteiger partial charge on any atom is -0.347 e. The highest BCUT2D eigenvalue weighted by atomic mass is 35.5. The van der Waals surface area contributed by atoms with Crippen LogP contribution in [0.4, 0.5) is 4.39 Å². The van der Waals surface area contributed by atoms with Gasteiger partial charge < -0.3 is 11.1 Å². The molecule has 1 heterocycles. The molecule has 0 unspecified atom stereocenters. The summed E-state index contributed by atoms with van der Waals surface area (Å²) >= 11 is 7.20. The second-order valence-electron chi connectivity index (χ2n) is 4.08. The van der Waals surface area contributed by atoms with Crippen molar-refractivity contribution in [1.82, 2.24) is 5.32 Å². The molecule has 6 heteroatoms. The Morgan fingerprint density at radius 1 is 1.38 bits per heavy atom. The molecule has 0 aliphatic rings. The number of carbonyl (C=O) groups excluding carboxylic acids is 1. The van der Waals surface area contributed by atoms with Gasteiger partial charge in [0.05, 0.1) is 23.0 Å². The first-order valence-electron chi connectivity index (χ1n) is 6.11. The lowest BCUT2D eigenvalue weighted by molar-refractivity contribution is 0.0950. The van der Waals surface area contributed by atoms with E-state index < -0.39 is 5.82 Å². The van der Waals surface area contributed by atoms with Crippen molar-refractivity contribution < 1.29 is 9.18 Å². The Balaban J connectivity index is 2.15. The van der Waals surface area contributed by atoms with Crippen LogP contribution in [-0.2, 0) is 6.54 Å². The smallest absolute Gasteiger partial charge is 0.252 e. The molecule has 2 rings (SSSR count). The number of rotatable bonds is 3. The Labute approximate surface area is 130 Å². The minimum absolute atomic E-state index is 0.173. The summed E-state index contributed by atoms with van der Waals surface area (Å²) in [6.45, 7) is 0.503. The van der Waals surface area contributed by atoms with Crippen LogP contribution in [-0.4, -0.2) is 12.5 Å². The lowest BCUT2D eigenvalue weighted by Gasteiger charge is -2.06. The summed E-state index contributed by atoms with van der Waals surface area (Å²) in [5, 5.41) is 2.72. The first-order valence-corrected chi connectivity index (χ1v) is 7.30. The molecule has 0 fully saturated rings. The van der Waals surface area contributed by atoms with Gasteiger partial charge in [0.25, 0.3) is 5.91 Å². The van der Waals surface area contributed by atoms with Crippen molar-refractivity contribution in [3.8, 4) is 11.8 Å². The van der Waals surface area contributed by atoms with E-state index in [0.29, 0.717) is 16.4 Å². The summed E-state index contributed by atoms with van der Waals surface area (Å²) in [6, 6.07) is 7.48. The third kappa shape index (κ3) is 4.30. The standard InChI is InChI=1S/C15H12ClFN2OS/c16-14-6-5-12(21-14)9-19-15(20)13-8-11(17)4-3-10(13)2-1-7-18/h3-6,8H,7,9,18H2,(H,19,20). The highest BCUT2D eigenvalue weighted by Gasteiger charge is 2.11. The molecule has 21 heavy (non-hydrogen) atoms. The van der Waals surface area contributed by atoms with E-state index in [0.717, 1.165) is 10.9 Å². The van der Waals surface area contributed by atoms with Crippen molar-refractivity contribution in [2.24, 2.45) is 5.73 Å². The molecular formula is C15H12ClFN2OS. The minimum atomic E-state index is -0.488. The third-order valence-corrected chi connectivity index (χ3v) is 3.83. The predicted molar refractivity (Wildman–Crippen MR) is 82.8 cm³/mol. The van der Waals surface area contributed by atoms with E-state index in [-0.39, 0.29) is 18.0 Å². The summed E-state index contributed by atoms with van der Waals surface area (Å²) in [6.07, 6.45) is 0. The zero-order chi connectivity index (χ0) is 15.2. The fourth-order valence-electron chi connectivity index (χ4n) is 1.67. The van der Waals surface area contributed by atoms with Crippen molar-refractivity contribution in [3.63, 3.8) is 0 Å². The van der Waals surface area contributed by atoms with Crippen molar-refractivity contribution in [3.05, 3.63) is 56.5 Å². The van der Waals surface area contributed by atoms with Crippen molar-refractivity contribution in [2.75, 3.05) is 6.54 Å². The van der Waals surface area contributed by atoms with E-state index in [1.807, 2.05) is 6.07 Å². The van der Waals surface area contributed by atoms with Crippen molar-refractivity contribution >= 4 is 28.8 Å². The van der Waals surface area contributed by atoms with E-state index in [1.54, 1.807) is 6.07 Å². The van der Waals surface area contributed by atoms with Crippen LogP contribution in [0, 0.1) is 17.7 Å². The molecule has 0 aliphatic carbocycles. The largest absolute Gasteiger partial charge is 0.347 e. The summed E-state index contributed by atoms with van der Waals surface area (Å²) in [5.41, 5.74) is 5.95. The zero-order valence-corrected chi connectivity index (χ0v) is 12.5. The molecule has 0 atom stereocenters. The molecule has 0 bridgehead atoms. The molecule has 1 amide bonds. The number of benzene rings is 1. The average molecular weight is 323 g/mol. The van der Waals surface area contributed by atoms with Crippen LogP contribution in [0.3, 0.4) is 0 Å². The van der Waals surface area contributed by atoms with Gasteiger partial charge in [0.15, 0.2) is 0 Å². The topological polar surface area (TPSA) is 55.1 Å². The normalized spacial score (nSPS) is 9.86. The van der Waals surface area contributed by atoms with Crippen LogP contribution in [0.25, 0.3) is 0 Å².